The standard InChI is InChI=1S/C22H28N2S/c1-2-22(20-11-7-4-8-12-20)25(24-15-14-23-18-24)16-13-21(17-25)19-9-5-3-6-10-19/h4,7-8,11-19,22H,2-3,5-6,9-10H2,1H3. The first-order chi connectivity index (χ1) is 12.3. The monoisotopic (exact) mass is 352 g/mol. The molecule has 1 aliphatic carbocycles. The lowest BCUT2D eigenvalue weighted by Gasteiger charge is -2.41. The summed E-state index contributed by atoms with van der Waals surface area (Å²) in [5.74, 6) is 0.760. The molecule has 2 aromatic rings. The number of hydrogen-bond donors (Lipinski definition) is 0. The third kappa shape index (κ3) is 3.10. The summed E-state index contributed by atoms with van der Waals surface area (Å²) in [6.45, 7) is 2.32. The normalized spacial score (nSPS) is 27.6. The van der Waals surface area contributed by atoms with Gasteiger partial charge in [0.15, 0.2) is 0 Å². The van der Waals surface area contributed by atoms with Gasteiger partial charge in [0.25, 0.3) is 0 Å². The lowest BCUT2D eigenvalue weighted by atomic mass is 9.84. The van der Waals surface area contributed by atoms with Crippen LogP contribution < -0.4 is 0 Å². The molecule has 1 aliphatic heterocycles. The average Bonchev–Trinajstić information content (AvgIpc) is 3.35. The molecule has 0 amide bonds. The molecule has 1 saturated carbocycles. The van der Waals surface area contributed by atoms with Crippen LogP contribution in [0.3, 0.4) is 0 Å². The van der Waals surface area contributed by atoms with Crippen molar-refractivity contribution in [2.75, 3.05) is 0 Å². The number of nitrogens with zero attached hydrogens (tertiary/aromatic N) is 2. The van der Waals surface area contributed by atoms with E-state index in [-0.39, 0.29) is 0 Å². The van der Waals surface area contributed by atoms with Crippen LogP contribution in [0.25, 0.3) is 0 Å². The highest BCUT2D eigenvalue weighted by Crippen LogP contribution is 2.68. The first kappa shape index (κ1) is 16.7. The second-order valence-electron chi connectivity index (χ2n) is 7.21. The van der Waals surface area contributed by atoms with Crippen LogP contribution in [-0.2, 0) is 0 Å². The molecule has 0 spiro atoms. The van der Waals surface area contributed by atoms with Crippen molar-refractivity contribution in [3.63, 3.8) is 0 Å². The number of imidazole rings is 1. The Labute approximate surface area is 153 Å². The predicted molar refractivity (Wildman–Crippen MR) is 108 cm³/mol. The van der Waals surface area contributed by atoms with E-state index in [0.29, 0.717) is 5.25 Å². The number of benzene rings is 1. The summed E-state index contributed by atoms with van der Waals surface area (Å²) in [4.78, 5) is 4.38. The van der Waals surface area contributed by atoms with Crippen LogP contribution in [-0.4, -0.2) is 8.96 Å². The molecular formula is C22H28N2S. The zero-order valence-corrected chi connectivity index (χ0v) is 15.9. The maximum absolute atomic E-state index is 4.38. The van der Waals surface area contributed by atoms with E-state index in [9.17, 15) is 0 Å². The summed E-state index contributed by atoms with van der Waals surface area (Å²) in [5.41, 5.74) is 3.03. The molecule has 1 aromatic heterocycles. The molecule has 0 radical (unpaired) electrons. The Morgan fingerprint density at radius 3 is 2.64 bits per heavy atom. The average molecular weight is 353 g/mol. The maximum atomic E-state index is 4.38. The molecule has 4 rings (SSSR count). The largest absolute Gasteiger partial charge is 0.291 e. The number of hydrogen-bond acceptors (Lipinski definition) is 1. The van der Waals surface area contributed by atoms with E-state index in [4.69, 9.17) is 0 Å². The molecule has 3 heteroatoms. The first-order valence-electron chi connectivity index (χ1n) is 9.59. The van der Waals surface area contributed by atoms with Gasteiger partial charge in [-0.3, -0.25) is 3.97 Å². The van der Waals surface area contributed by atoms with Gasteiger partial charge >= 0.3 is 0 Å². The topological polar surface area (TPSA) is 17.8 Å². The van der Waals surface area contributed by atoms with E-state index in [1.165, 1.54) is 37.7 Å². The second kappa shape index (κ2) is 7.25. The van der Waals surface area contributed by atoms with Crippen molar-refractivity contribution in [2.45, 2.75) is 50.7 Å². The van der Waals surface area contributed by atoms with Crippen LogP contribution >= 0.6 is 10.2 Å². The minimum Gasteiger partial charge on any atom is -0.291 e. The summed E-state index contributed by atoms with van der Waals surface area (Å²) in [5, 5.41) is 5.64. The Balaban J connectivity index is 1.77. The van der Waals surface area contributed by atoms with Crippen LogP contribution in [0.1, 0.15) is 56.3 Å². The lowest BCUT2D eigenvalue weighted by Crippen LogP contribution is -2.13. The summed E-state index contributed by atoms with van der Waals surface area (Å²) in [6, 6.07) is 11.0. The van der Waals surface area contributed by atoms with Crippen LogP contribution in [0.15, 0.2) is 71.5 Å². The fourth-order valence-electron chi connectivity index (χ4n) is 4.43. The molecule has 2 aliphatic rings. The predicted octanol–water partition coefficient (Wildman–Crippen LogP) is 6.59. The minimum atomic E-state index is -1.23. The molecule has 1 aromatic carbocycles. The Bertz CT molecular complexity index is 742. The number of allylic oxidation sites excluding steroid dienone is 2. The van der Waals surface area contributed by atoms with Crippen molar-refractivity contribution >= 4 is 10.2 Å². The lowest BCUT2D eigenvalue weighted by molar-refractivity contribution is 0.409. The maximum Gasteiger partial charge on any atom is 0.104 e. The van der Waals surface area contributed by atoms with Gasteiger partial charge in [-0.05, 0) is 47.1 Å². The van der Waals surface area contributed by atoms with Crippen molar-refractivity contribution in [2.24, 2.45) is 5.92 Å². The van der Waals surface area contributed by atoms with Crippen LogP contribution in [0.4, 0.5) is 0 Å². The Morgan fingerprint density at radius 1 is 1.16 bits per heavy atom. The zero-order chi connectivity index (χ0) is 17.1. The minimum absolute atomic E-state index is 0.500. The molecule has 0 saturated heterocycles. The summed E-state index contributed by atoms with van der Waals surface area (Å²) < 4.78 is 2.39. The third-order valence-electron chi connectivity index (χ3n) is 5.72. The molecule has 25 heavy (non-hydrogen) atoms. The van der Waals surface area contributed by atoms with Crippen molar-refractivity contribution in [3.8, 4) is 0 Å². The fourth-order valence-corrected chi connectivity index (χ4v) is 8.11. The molecule has 2 unspecified atom stereocenters. The first-order valence-corrected chi connectivity index (χ1v) is 11.4. The fraction of sp³-hybridized carbons (Fsp3) is 0.409. The van der Waals surface area contributed by atoms with E-state index in [1.54, 1.807) is 5.57 Å². The second-order valence-corrected chi connectivity index (χ2v) is 10.2. The van der Waals surface area contributed by atoms with E-state index in [0.717, 1.165) is 12.3 Å². The van der Waals surface area contributed by atoms with Crippen molar-refractivity contribution in [3.05, 3.63) is 77.1 Å². The van der Waals surface area contributed by atoms with Gasteiger partial charge in [-0.15, -0.1) is 10.2 Å². The zero-order valence-electron chi connectivity index (χ0n) is 15.1. The third-order valence-corrected chi connectivity index (χ3v) is 9.41. The van der Waals surface area contributed by atoms with Crippen molar-refractivity contribution < 1.29 is 0 Å². The van der Waals surface area contributed by atoms with E-state index < -0.39 is 10.2 Å². The van der Waals surface area contributed by atoms with Gasteiger partial charge in [0.1, 0.15) is 6.33 Å². The van der Waals surface area contributed by atoms with Crippen molar-refractivity contribution in [1.29, 1.82) is 0 Å². The quantitative estimate of drug-likeness (QED) is 0.593. The van der Waals surface area contributed by atoms with Crippen LogP contribution in [0, 0.1) is 5.92 Å². The smallest absolute Gasteiger partial charge is 0.104 e. The molecule has 1 fully saturated rings. The van der Waals surface area contributed by atoms with Gasteiger partial charge in [-0.2, -0.15) is 0 Å². The van der Waals surface area contributed by atoms with Crippen molar-refractivity contribution in [1.82, 2.24) is 8.96 Å². The summed E-state index contributed by atoms with van der Waals surface area (Å²) in [6.07, 6.45) is 16.6. The van der Waals surface area contributed by atoms with E-state index in [2.05, 4.69) is 69.3 Å². The van der Waals surface area contributed by atoms with E-state index >= 15 is 0 Å². The van der Waals surface area contributed by atoms with Gasteiger partial charge < -0.3 is 0 Å². The Hall–Kier alpha value is -1.74. The van der Waals surface area contributed by atoms with Crippen LogP contribution in [0.2, 0.25) is 0 Å². The summed E-state index contributed by atoms with van der Waals surface area (Å²) in [7, 11) is -1.23. The number of rotatable bonds is 5. The molecule has 0 N–H and O–H groups in total. The molecule has 132 valence electrons. The SMILES string of the molecule is CCC(c1ccccc1)S1(n2ccnc2)C=CC(C2CCCCC2)=C1. The van der Waals surface area contributed by atoms with Gasteiger partial charge in [-0.25, -0.2) is 4.98 Å². The highest BCUT2D eigenvalue weighted by Gasteiger charge is 2.35. The van der Waals surface area contributed by atoms with E-state index in [1.807, 2.05) is 12.5 Å². The highest BCUT2D eigenvalue weighted by molar-refractivity contribution is 8.37. The Kier molecular flexibility index (Phi) is 4.85. The Morgan fingerprint density at radius 2 is 1.96 bits per heavy atom. The molecular weight excluding hydrogens is 324 g/mol. The summed E-state index contributed by atoms with van der Waals surface area (Å²) >= 11 is 0. The highest BCUT2D eigenvalue weighted by atomic mass is 32.3. The molecule has 2 atom stereocenters. The van der Waals surface area contributed by atoms with Gasteiger partial charge in [0.05, 0.1) is 0 Å². The number of aromatic nitrogens is 2. The van der Waals surface area contributed by atoms with Gasteiger partial charge in [0.2, 0.25) is 0 Å². The molecule has 2 heterocycles. The van der Waals surface area contributed by atoms with Crippen LogP contribution in [0.5, 0.6) is 0 Å². The van der Waals surface area contributed by atoms with Gasteiger partial charge in [-0.1, -0.05) is 62.6 Å². The molecule has 0 bridgehead atoms. The molecule has 2 nitrogen and oxygen atoms in total. The van der Waals surface area contributed by atoms with Gasteiger partial charge in [0, 0.05) is 17.6 Å².